The number of aliphatic hydroxyl groups is 1. The highest BCUT2D eigenvalue weighted by molar-refractivity contribution is 5.78. The Morgan fingerprint density at radius 1 is 1.36 bits per heavy atom. The molecule has 1 aliphatic carbocycles. The van der Waals surface area contributed by atoms with Gasteiger partial charge in [0, 0.05) is 12.6 Å². The highest BCUT2D eigenvalue weighted by Gasteiger charge is 2.16. The molecular formula is C10H20N2O2. The SMILES string of the molecule is O=C(CNCCCO)NC1CCCC1. The van der Waals surface area contributed by atoms with Crippen LogP contribution in [0.3, 0.4) is 0 Å². The third kappa shape index (κ3) is 4.58. The summed E-state index contributed by atoms with van der Waals surface area (Å²) in [6.07, 6.45) is 5.44. The minimum atomic E-state index is 0.0786. The molecule has 0 atom stereocenters. The third-order valence-corrected chi connectivity index (χ3v) is 2.52. The molecule has 0 unspecified atom stereocenters. The van der Waals surface area contributed by atoms with E-state index >= 15 is 0 Å². The maximum absolute atomic E-state index is 11.3. The highest BCUT2D eigenvalue weighted by Crippen LogP contribution is 2.17. The summed E-state index contributed by atoms with van der Waals surface area (Å²) in [5.41, 5.74) is 0. The van der Waals surface area contributed by atoms with Gasteiger partial charge in [-0.05, 0) is 25.8 Å². The van der Waals surface area contributed by atoms with E-state index in [1.165, 1.54) is 12.8 Å². The average Bonchev–Trinajstić information content (AvgIpc) is 2.65. The lowest BCUT2D eigenvalue weighted by Crippen LogP contribution is -2.39. The molecule has 0 saturated heterocycles. The maximum Gasteiger partial charge on any atom is 0.234 e. The van der Waals surface area contributed by atoms with Crippen molar-refractivity contribution < 1.29 is 9.90 Å². The zero-order valence-corrected chi connectivity index (χ0v) is 8.59. The molecule has 0 aromatic carbocycles. The molecule has 0 spiro atoms. The Balaban J connectivity index is 1.98. The Labute approximate surface area is 85.1 Å². The van der Waals surface area contributed by atoms with E-state index in [0.29, 0.717) is 25.6 Å². The summed E-state index contributed by atoms with van der Waals surface area (Å²) >= 11 is 0. The number of carbonyl (C=O) groups is 1. The van der Waals surface area contributed by atoms with Crippen LogP contribution in [-0.4, -0.2) is 36.8 Å². The molecule has 3 N–H and O–H groups in total. The topological polar surface area (TPSA) is 61.4 Å². The molecule has 1 saturated carbocycles. The van der Waals surface area contributed by atoms with Crippen molar-refractivity contribution in [2.75, 3.05) is 19.7 Å². The van der Waals surface area contributed by atoms with Gasteiger partial charge in [-0.25, -0.2) is 0 Å². The molecule has 82 valence electrons. The number of hydrogen-bond acceptors (Lipinski definition) is 3. The first-order chi connectivity index (χ1) is 6.83. The molecule has 1 aliphatic rings. The van der Waals surface area contributed by atoms with Crippen molar-refractivity contribution in [2.45, 2.75) is 38.1 Å². The number of rotatable bonds is 6. The van der Waals surface area contributed by atoms with Crippen LogP contribution in [-0.2, 0) is 4.79 Å². The molecule has 1 rings (SSSR count). The van der Waals surface area contributed by atoms with Crippen molar-refractivity contribution in [3.05, 3.63) is 0 Å². The summed E-state index contributed by atoms with van der Waals surface area (Å²) < 4.78 is 0. The maximum atomic E-state index is 11.3. The smallest absolute Gasteiger partial charge is 0.234 e. The number of hydrogen-bond donors (Lipinski definition) is 3. The van der Waals surface area contributed by atoms with Gasteiger partial charge in [0.1, 0.15) is 0 Å². The fourth-order valence-electron chi connectivity index (χ4n) is 1.75. The van der Waals surface area contributed by atoms with E-state index in [1.54, 1.807) is 0 Å². The van der Waals surface area contributed by atoms with Gasteiger partial charge in [-0.2, -0.15) is 0 Å². The predicted octanol–water partition coefficient (Wildman–Crippen LogP) is 0.0172. The molecule has 0 aromatic heterocycles. The van der Waals surface area contributed by atoms with Crippen molar-refractivity contribution in [1.29, 1.82) is 0 Å². The monoisotopic (exact) mass is 200 g/mol. The predicted molar refractivity (Wildman–Crippen MR) is 55.0 cm³/mol. The van der Waals surface area contributed by atoms with Crippen molar-refractivity contribution in [3.8, 4) is 0 Å². The van der Waals surface area contributed by atoms with Crippen LogP contribution in [0.2, 0.25) is 0 Å². The summed E-state index contributed by atoms with van der Waals surface area (Å²) in [6, 6.07) is 0.405. The first-order valence-corrected chi connectivity index (χ1v) is 5.44. The molecule has 0 aliphatic heterocycles. The number of carbonyl (C=O) groups excluding carboxylic acids is 1. The van der Waals surface area contributed by atoms with Crippen molar-refractivity contribution >= 4 is 5.91 Å². The number of aliphatic hydroxyl groups excluding tert-OH is 1. The van der Waals surface area contributed by atoms with Gasteiger partial charge in [0.25, 0.3) is 0 Å². The quantitative estimate of drug-likeness (QED) is 0.530. The van der Waals surface area contributed by atoms with Gasteiger partial charge < -0.3 is 15.7 Å². The second-order valence-electron chi connectivity index (χ2n) is 3.80. The molecule has 1 amide bonds. The van der Waals surface area contributed by atoms with E-state index in [2.05, 4.69) is 10.6 Å². The third-order valence-electron chi connectivity index (χ3n) is 2.52. The summed E-state index contributed by atoms with van der Waals surface area (Å²) in [5.74, 6) is 0.0786. The first kappa shape index (κ1) is 11.5. The molecule has 0 radical (unpaired) electrons. The summed E-state index contributed by atoms with van der Waals surface area (Å²) in [5, 5.41) is 14.5. The fourth-order valence-corrected chi connectivity index (χ4v) is 1.75. The zero-order valence-electron chi connectivity index (χ0n) is 8.59. The molecule has 14 heavy (non-hydrogen) atoms. The highest BCUT2D eigenvalue weighted by atomic mass is 16.3. The standard InChI is InChI=1S/C10H20N2O2/c13-7-3-6-11-8-10(14)12-9-4-1-2-5-9/h9,11,13H,1-8H2,(H,12,14). The molecule has 0 aromatic rings. The summed E-state index contributed by atoms with van der Waals surface area (Å²) in [6.45, 7) is 1.25. The molecule has 0 heterocycles. The van der Waals surface area contributed by atoms with Crippen LogP contribution in [0.15, 0.2) is 0 Å². The minimum absolute atomic E-state index is 0.0786. The van der Waals surface area contributed by atoms with E-state index < -0.39 is 0 Å². The molecule has 4 nitrogen and oxygen atoms in total. The first-order valence-electron chi connectivity index (χ1n) is 5.44. The molecule has 0 bridgehead atoms. The Kier molecular flexibility index (Phi) is 5.56. The van der Waals surface area contributed by atoms with Gasteiger partial charge in [-0.1, -0.05) is 12.8 Å². The Morgan fingerprint density at radius 2 is 2.07 bits per heavy atom. The van der Waals surface area contributed by atoms with E-state index in [-0.39, 0.29) is 12.5 Å². The largest absolute Gasteiger partial charge is 0.396 e. The van der Waals surface area contributed by atoms with Crippen LogP contribution in [0.1, 0.15) is 32.1 Å². The minimum Gasteiger partial charge on any atom is -0.396 e. The molecule has 4 heteroatoms. The lowest BCUT2D eigenvalue weighted by molar-refractivity contribution is -0.120. The lowest BCUT2D eigenvalue weighted by atomic mass is 10.2. The summed E-state index contributed by atoms with van der Waals surface area (Å²) in [7, 11) is 0. The van der Waals surface area contributed by atoms with Gasteiger partial charge in [0.15, 0.2) is 0 Å². The average molecular weight is 200 g/mol. The van der Waals surface area contributed by atoms with E-state index in [4.69, 9.17) is 5.11 Å². The van der Waals surface area contributed by atoms with Crippen molar-refractivity contribution in [1.82, 2.24) is 10.6 Å². The van der Waals surface area contributed by atoms with Crippen molar-refractivity contribution in [2.24, 2.45) is 0 Å². The van der Waals surface area contributed by atoms with Gasteiger partial charge >= 0.3 is 0 Å². The van der Waals surface area contributed by atoms with Crippen LogP contribution >= 0.6 is 0 Å². The van der Waals surface area contributed by atoms with Crippen LogP contribution in [0.4, 0.5) is 0 Å². The van der Waals surface area contributed by atoms with Crippen molar-refractivity contribution in [3.63, 3.8) is 0 Å². The van der Waals surface area contributed by atoms with Crippen LogP contribution < -0.4 is 10.6 Å². The van der Waals surface area contributed by atoms with Crippen LogP contribution in [0, 0.1) is 0 Å². The Morgan fingerprint density at radius 3 is 2.71 bits per heavy atom. The van der Waals surface area contributed by atoms with Gasteiger partial charge in [-0.3, -0.25) is 4.79 Å². The van der Waals surface area contributed by atoms with Crippen LogP contribution in [0.5, 0.6) is 0 Å². The Bertz CT molecular complexity index is 168. The lowest BCUT2D eigenvalue weighted by Gasteiger charge is -2.11. The molecular weight excluding hydrogens is 180 g/mol. The Hall–Kier alpha value is -0.610. The van der Waals surface area contributed by atoms with Gasteiger partial charge in [-0.15, -0.1) is 0 Å². The fraction of sp³-hybridized carbons (Fsp3) is 0.900. The van der Waals surface area contributed by atoms with E-state index in [0.717, 1.165) is 12.8 Å². The summed E-state index contributed by atoms with van der Waals surface area (Å²) in [4.78, 5) is 11.3. The zero-order chi connectivity index (χ0) is 10.2. The van der Waals surface area contributed by atoms with E-state index in [9.17, 15) is 4.79 Å². The number of nitrogens with one attached hydrogen (secondary N) is 2. The van der Waals surface area contributed by atoms with Gasteiger partial charge in [0.05, 0.1) is 6.54 Å². The second kappa shape index (κ2) is 6.79. The van der Waals surface area contributed by atoms with E-state index in [1.807, 2.05) is 0 Å². The second-order valence-corrected chi connectivity index (χ2v) is 3.80. The molecule has 1 fully saturated rings. The number of amides is 1. The normalized spacial score (nSPS) is 17.2. The van der Waals surface area contributed by atoms with Gasteiger partial charge in [0.2, 0.25) is 5.91 Å². The van der Waals surface area contributed by atoms with Crippen LogP contribution in [0.25, 0.3) is 0 Å².